The van der Waals surface area contributed by atoms with Gasteiger partial charge in [-0.2, -0.15) is 0 Å². The average Bonchev–Trinajstić information content (AvgIpc) is 2.64. The zero-order valence-electron chi connectivity index (χ0n) is 16.5. The van der Waals surface area contributed by atoms with Crippen molar-refractivity contribution in [3.8, 4) is 0 Å². The highest BCUT2D eigenvalue weighted by Gasteiger charge is 2.56. The number of hydrogen-bond acceptors (Lipinski definition) is 4. The SMILES string of the molecule is CC(C)(C)C(=O)N1CC2(CN(C(=O)c3ccccc3)C[C@@H]3COCCN32)C1. The highest BCUT2D eigenvalue weighted by molar-refractivity contribution is 5.94. The molecule has 0 saturated carbocycles. The Morgan fingerprint density at radius 3 is 2.41 bits per heavy atom. The van der Waals surface area contributed by atoms with Gasteiger partial charge in [-0.25, -0.2) is 0 Å². The van der Waals surface area contributed by atoms with Crippen LogP contribution in [0.1, 0.15) is 31.1 Å². The number of nitrogens with zero attached hydrogens (tertiary/aromatic N) is 3. The standard InChI is InChI=1S/C21H29N3O3/c1-20(2,3)19(26)23-14-21(15-23)13-22(11-17-12-27-10-9-24(17)21)18(25)16-7-5-4-6-8-16/h4-8,17H,9-15H2,1-3H3/t17-/m1/s1. The molecular formula is C21H29N3O3. The molecule has 1 spiro atoms. The lowest BCUT2D eigenvalue weighted by atomic mass is 9.80. The summed E-state index contributed by atoms with van der Waals surface area (Å²) in [6.45, 7) is 10.9. The van der Waals surface area contributed by atoms with Crippen LogP contribution in [0.25, 0.3) is 0 Å². The molecule has 0 aromatic heterocycles. The van der Waals surface area contributed by atoms with Crippen LogP contribution in [-0.2, 0) is 9.53 Å². The van der Waals surface area contributed by atoms with Crippen molar-refractivity contribution in [2.24, 2.45) is 5.41 Å². The second kappa shape index (κ2) is 6.60. The molecule has 146 valence electrons. The molecule has 3 aliphatic rings. The Morgan fingerprint density at radius 1 is 1.07 bits per heavy atom. The first-order chi connectivity index (χ1) is 12.8. The number of carbonyl (C=O) groups excluding carboxylic acids is 2. The van der Waals surface area contributed by atoms with Crippen molar-refractivity contribution < 1.29 is 14.3 Å². The second-order valence-corrected chi connectivity index (χ2v) is 9.11. The number of fused-ring (bicyclic) bond motifs is 2. The topological polar surface area (TPSA) is 53.1 Å². The van der Waals surface area contributed by atoms with E-state index in [1.165, 1.54) is 0 Å². The van der Waals surface area contributed by atoms with Crippen LogP contribution >= 0.6 is 0 Å². The van der Waals surface area contributed by atoms with Gasteiger partial charge in [-0.15, -0.1) is 0 Å². The van der Waals surface area contributed by atoms with E-state index in [4.69, 9.17) is 4.74 Å². The zero-order chi connectivity index (χ0) is 19.2. The molecular weight excluding hydrogens is 342 g/mol. The largest absolute Gasteiger partial charge is 0.378 e. The van der Waals surface area contributed by atoms with Crippen LogP contribution in [-0.4, -0.2) is 84.0 Å². The van der Waals surface area contributed by atoms with Crippen molar-refractivity contribution in [3.05, 3.63) is 35.9 Å². The van der Waals surface area contributed by atoms with E-state index in [1.807, 2.05) is 60.9 Å². The highest BCUT2D eigenvalue weighted by atomic mass is 16.5. The van der Waals surface area contributed by atoms with E-state index in [0.717, 1.165) is 18.7 Å². The zero-order valence-corrected chi connectivity index (χ0v) is 16.5. The fourth-order valence-corrected chi connectivity index (χ4v) is 4.68. The van der Waals surface area contributed by atoms with Gasteiger partial charge >= 0.3 is 0 Å². The van der Waals surface area contributed by atoms with Crippen LogP contribution in [0, 0.1) is 5.41 Å². The predicted octanol–water partition coefficient (Wildman–Crippen LogP) is 1.47. The number of amides is 2. The number of ether oxygens (including phenoxy) is 1. The molecule has 1 atom stereocenters. The summed E-state index contributed by atoms with van der Waals surface area (Å²) in [4.78, 5) is 32.1. The van der Waals surface area contributed by atoms with Gasteiger partial charge in [0.05, 0.1) is 24.8 Å². The second-order valence-electron chi connectivity index (χ2n) is 9.11. The fraction of sp³-hybridized carbons (Fsp3) is 0.619. The Bertz CT molecular complexity index is 722. The third kappa shape index (κ3) is 3.25. The predicted molar refractivity (Wildman–Crippen MR) is 102 cm³/mol. The van der Waals surface area contributed by atoms with Crippen molar-refractivity contribution in [2.45, 2.75) is 32.4 Å². The Morgan fingerprint density at radius 2 is 1.74 bits per heavy atom. The molecule has 3 saturated heterocycles. The average molecular weight is 371 g/mol. The lowest BCUT2D eigenvalue weighted by Crippen LogP contribution is -2.81. The quantitative estimate of drug-likeness (QED) is 0.750. The van der Waals surface area contributed by atoms with Crippen LogP contribution in [0.5, 0.6) is 0 Å². The van der Waals surface area contributed by atoms with Crippen LogP contribution in [0.15, 0.2) is 30.3 Å². The van der Waals surface area contributed by atoms with Crippen LogP contribution < -0.4 is 0 Å². The molecule has 3 fully saturated rings. The normalized spacial score (nSPS) is 25.1. The monoisotopic (exact) mass is 371 g/mol. The number of likely N-dealkylation sites (tertiary alicyclic amines) is 1. The molecule has 0 N–H and O–H groups in total. The van der Waals surface area contributed by atoms with Crippen LogP contribution in [0.2, 0.25) is 0 Å². The van der Waals surface area contributed by atoms with E-state index in [0.29, 0.717) is 32.8 Å². The smallest absolute Gasteiger partial charge is 0.253 e. The van der Waals surface area contributed by atoms with Gasteiger partial charge in [-0.3, -0.25) is 14.5 Å². The molecule has 1 aromatic carbocycles. The van der Waals surface area contributed by atoms with E-state index in [1.54, 1.807) is 0 Å². The summed E-state index contributed by atoms with van der Waals surface area (Å²) in [5.41, 5.74) is 0.206. The van der Waals surface area contributed by atoms with Crippen molar-refractivity contribution in [1.82, 2.24) is 14.7 Å². The minimum absolute atomic E-state index is 0.0702. The summed E-state index contributed by atoms with van der Waals surface area (Å²) in [5.74, 6) is 0.255. The Balaban J connectivity index is 1.55. The van der Waals surface area contributed by atoms with Crippen molar-refractivity contribution in [2.75, 3.05) is 45.9 Å². The molecule has 3 aliphatic heterocycles. The van der Waals surface area contributed by atoms with E-state index in [9.17, 15) is 9.59 Å². The van der Waals surface area contributed by atoms with Gasteiger partial charge < -0.3 is 14.5 Å². The molecule has 0 aliphatic carbocycles. The summed E-state index contributed by atoms with van der Waals surface area (Å²) < 4.78 is 5.70. The van der Waals surface area contributed by atoms with Gasteiger partial charge in [-0.05, 0) is 12.1 Å². The van der Waals surface area contributed by atoms with E-state index in [2.05, 4.69) is 4.90 Å². The molecule has 6 heteroatoms. The van der Waals surface area contributed by atoms with Gasteiger partial charge in [-0.1, -0.05) is 39.0 Å². The summed E-state index contributed by atoms with van der Waals surface area (Å²) in [5, 5.41) is 0. The number of hydrogen-bond donors (Lipinski definition) is 0. The summed E-state index contributed by atoms with van der Waals surface area (Å²) in [6.07, 6.45) is 0. The maximum absolute atomic E-state index is 13.1. The minimum Gasteiger partial charge on any atom is -0.378 e. The van der Waals surface area contributed by atoms with Crippen molar-refractivity contribution >= 4 is 11.8 Å². The number of rotatable bonds is 1. The minimum atomic E-state index is -0.375. The van der Waals surface area contributed by atoms with Gasteiger partial charge in [0.25, 0.3) is 5.91 Å². The van der Waals surface area contributed by atoms with E-state index in [-0.39, 0.29) is 28.8 Å². The molecule has 2 amide bonds. The van der Waals surface area contributed by atoms with Gasteiger partial charge in [0.1, 0.15) is 0 Å². The molecule has 4 rings (SSSR count). The van der Waals surface area contributed by atoms with E-state index < -0.39 is 0 Å². The lowest BCUT2D eigenvalue weighted by Gasteiger charge is -2.63. The molecule has 0 bridgehead atoms. The third-order valence-corrected chi connectivity index (χ3v) is 5.96. The molecule has 1 aromatic rings. The van der Waals surface area contributed by atoms with Gasteiger partial charge in [0, 0.05) is 43.7 Å². The third-order valence-electron chi connectivity index (χ3n) is 5.96. The molecule has 0 unspecified atom stereocenters. The first kappa shape index (κ1) is 18.4. The van der Waals surface area contributed by atoms with Gasteiger partial charge in [0.2, 0.25) is 5.91 Å². The number of piperazine rings is 1. The summed E-state index contributed by atoms with van der Waals surface area (Å²) in [7, 11) is 0. The number of benzene rings is 1. The highest BCUT2D eigenvalue weighted by Crippen LogP contribution is 2.37. The molecule has 3 heterocycles. The molecule has 27 heavy (non-hydrogen) atoms. The summed E-state index contributed by atoms with van der Waals surface area (Å²) in [6, 6.07) is 9.66. The Kier molecular flexibility index (Phi) is 4.51. The van der Waals surface area contributed by atoms with Crippen LogP contribution in [0.3, 0.4) is 0 Å². The maximum Gasteiger partial charge on any atom is 0.253 e. The first-order valence-electron chi connectivity index (χ1n) is 9.78. The lowest BCUT2D eigenvalue weighted by molar-refractivity contribution is -0.178. The van der Waals surface area contributed by atoms with Crippen LogP contribution in [0.4, 0.5) is 0 Å². The Hall–Kier alpha value is -1.92. The Labute approximate surface area is 161 Å². The maximum atomic E-state index is 13.1. The van der Waals surface area contributed by atoms with E-state index >= 15 is 0 Å². The van der Waals surface area contributed by atoms with Crippen molar-refractivity contribution in [3.63, 3.8) is 0 Å². The fourth-order valence-electron chi connectivity index (χ4n) is 4.68. The summed E-state index contributed by atoms with van der Waals surface area (Å²) >= 11 is 0. The number of morpholine rings is 1. The first-order valence-corrected chi connectivity index (χ1v) is 9.78. The van der Waals surface area contributed by atoms with Gasteiger partial charge in [0.15, 0.2) is 0 Å². The molecule has 0 radical (unpaired) electrons. The molecule has 6 nitrogen and oxygen atoms in total. The van der Waals surface area contributed by atoms with Crippen molar-refractivity contribution in [1.29, 1.82) is 0 Å². The number of carbonyl (C=O) groups is 2.